The van der Waals surface area contributed by atoms with Crippen molar-refractivity contribution in [1.82, 2.24) is 10.6 Å². The van der Waals surface area contributed by atoms with Crippen LogP contribution < -0.4 is 10.6 Å². The summed E-state index contributed by atoms with van der Waals surface area (Å²) in [5.74, 6) is 0.180. The van der Waals surface area contributed by atoms with Gasteiger partial charge in [0.1, 0.15) is 0 Å². The predicted octanol–water partition coefficient (Wildman–Crippen LogP) is 1.12. The van der Waals surface area contributed by atoms with E-state index in [1.807, 2.05) is 0 Å². The van der Waals surface area contributed by atoms with Crippen LogP contribution in [0, 0.1) is 0 Å². The number of carbonyl (C=O) groups excluding carboxylic acids is 1. The molecule has 0 spiro atoms. The Labute approximate surface area is 87.5 Å². The molecule has 3 nitrogen and oxygen atoms in total. The molecule has 0 radical (unpaired) electrons. The Balaban J connectivity index is 1.73. The predicted molar refractivity (Wildman–Crippen MR) is 57.2 cm³/mol. The Kier molecular flexibility index (Phi) is 3.16. The first kappa shape index (κ1) is 9.68. The number of carbonyl (C=O) groups is 1. The summed E-state index contributed by atoms with van der Waals surface area (Å²) in [6.07, 6.45) is 1.61. The molecule has 1 atom stereocenters. The smallest absolute Gasteiger partial charge is 0.220 e. The van der Waals surface area contributed by atoms with E-state index in [-0.39, 0.29) is 5.91 Å². The van der Waals surface area contributed by atoms with Crippen LogP contribution in [0.15, 0.2) is 17.5 Å². The fourth-order valence-corrected chi connectivity index (χ4v) is 2.22. The molecule has 0 saturated carbocycles. The zero-order valence-corrected chi connectivity index (χ0v) is 8.77. The van der Waals surface area contributed by atoms with Crippen LogP contribution >= 0.6 is 11.3 Å². The van der Waals surface area contributed by atoms with E-state index in [2.05, 4.69) is 28.1 Å². The summed E-state index contributed by atoms with van der Waals surface area (Å²) in [6, 6.07) is 4.62. The van der Waals surface area contributed by atoms with Crippen molar-refractivity contribution >= 4 is 17.2 Å². The number of hydrogen-bond acceptors (Lipinski definition) is 3. The van der Waals surface area contributed by atoms with Crippen LogP contribution in [0.2, 0.25) is 0 Å². The zero-order valence-electron chi connectivity index (χ0n) is 7.95. The van der Waals surface area contributed by atoms with Crippen molar-refractivity contribution in [3.8, 4) is 0 Å². The SMILES string of the molecule is O=C1CCC(NCc2cccs2)CN1. The summed E-state index contributed by atoms with van der Waals surface area (Å²) in [5.41, 5.74) is 0. The lowest BCUT2D eigenvalue weighted by atomic mass is 10.1. The highest BCUT2D eigenvalue weighted by Crippen LogP contribution is 2.09. The lowest BCUT2D eigenvalue weighted by Gasteiger charge is -2.23. The molecule has 2 rings (SSSR count). The fraction of sp³-hybridized carbons (Fsp3) is 0.500. The summed E-state index contributed by atoms with van der Waals surface area (Å²) < 4.78 is 0. The van der Waals surface area contributed by atoms with Crippen molar-refractivity contribution in [3.05, 3.63) is 22.4 Å². The third kappa shape index (κ3) is 2.56. The second kappa shape index (κ2) is 4.57. The van der Waals surface area contributed by atoms with Gasteiger partial charge in [-0.3, -0.25) is 4.79 Å². The third-order valence-corrected chi connectivity index (χ3v) is 3.29. The maximum atomic E-state index is 10.9. The Bertz CT molecular complexity index is 287. The number of rotatable bonds is 3. The van der Waals surface area contributed by atoms with Crippen LogP contribution in [0.3, 0.4) is 0 Å². The van der Waals surface area contributed by atoms with Gasteiger partial charge in [0.05, 0.1) is 0 Å². The van der Waals surface area contributed by atoms with Gasteiger partial charge in [-0.05, 0) is 17.9 Å². The molecule has 1 amide bonds. The molecule has 76 valence electrons. The Morgan fingerprint density at radius 2 is 2.57 bits per heavy atom. The molecule has 0 aromatic carbocycles. The fourth-order valence-electron chi connectivity index (χ4n) is 1.57. The van der Waals surface area contributed by atoms with E-state index in [1.165, 1.54) is 4.88 Å². The number of thiophene rings is 1. The van der Waals surface area contributed by atoms with Gasteiger partial charge < -0.3 is 10.6 Å². The first-order chi connectivity index (χ1) is 6.84. The third-order valence-electron chi connectivity index (χ3n) is 2.41. The van der Waals surface area contributed by atoms with Gasteiger partial charge in [0.25, 0.3) is 0 Å². The number of hydrogen-bond donors (Lipinski definition) is 2. The maximum Gasteiger partial charge on any atom is 0.220 e. The molecule has 2 heterocycles. The summed E-state index contributed by atoms with van der Waals surface area (Å²) >= 11 is 1.76. The van der Waals surface area contributed by atoms with Gasteiger partial charge in [0, 0.05) is 30.4 Å². The quantitative estimate of drug-likeness (QED) is 0.785. The first-order valence-corrected chi connectivity index (χ1v) is 5.75. The topological polar surface area (TPSA) is 41.1 Å². The molecule has 1 saturated heterocycles. The highest BCUT2D eigenvalue weighted by molar-refractivity contribution is 7.09. The average Bonchev–Trinajstić information content (AvgIpc) is 2.70. The minimum Gasteiger partial charge on any atom is -0.355 e. The molecule has 4 heteroatoms. The molecule has 1 aliphatic heterocycles. The van der Waals surface area contributed by atoms with Gasteiger partial charge in [0.15, 0.2) is 0 Å². The minimum absolute atomic E-state index is 0.180. The van der Waals surface area contributed by atoms with Gasteiger partial charge in [-0.1, -0.05) is 6.07 Å². The standard InChI is InChI=1S/C10H14N2OS/c13-10-4-3-8(6-12-10)11-7-9-2-1-5-14-9/h1-2,5,8,11H,3-4,6-7H2,(H,12,13). The number of piperidine rings is 1. The molecule has 1 aromatic heterocycles. The van der Waals surface area contributed by atoms with Crippen molar-refractivity contribution in [2.75, 3.05) is 6.54 Å². The Hall–Kier alpha value is -0.870. The molecule has 14 heavy (non-hydrogen) atoms. The van der Waals surface area contributed by atoms with Crippen LogP contribution in [0.5, 0.6) is 0 Å². The Morgan fingerprint density at radius 1 is 1.64 bits per heavy atom. The van der Waals surface area contributed by atoms with Crippen molar-refractivity contribution in [1.29, 1.82) is 0 Å². The van der Waals surface area contributed by atoms with Crippen LogP contribution in [-0.4, -0.2) is 18.5 Å². The van der Waals surface area contributed by atoms with Gasteiger partial charge >= 0.3 is 0 Å². The molecule has 2 N–H and O–H groups in total. The van der Waals surface area contributed by atoms with E-state index in [0.717, 1.165) is 19.5 Å². The lowest BCUT2D eigenvalue weighted by Crippen LogP contribution is -2.45. The summed E-state index contributed by atoms with van der Waals surface area (Å²) in [7, 11) is 0. The van der Waals surface area contributed by atoms with Gasteiger partial charge in [0.2, 0.25) is 5.91 Å². The first-order valence-electron chi connectivity index (χ1n) is 4.87. The number of nitrogens with one attached hydrogen (secondary N) is 2. The van der Waals surface area contributed by atoms with E-state index < -0.39 is 0 Å². The number of amides is 1. The van der Waals surface area contributed by atoms with E-state index in [4.69, 9.17) is 0 Å². The van der Waals surface area contributed by atoms with Gasteiger partial charge in [-0.15, -0.1) is 11.3 Å². The van der Waals surface area contributed by atoms with E-state index in [0.29, 0.717) is 12.5 Å². The van der Waals surface area contributed by atoms with Gasteiger partial charge in [-0.2, -0.15) is 0 Å². The summed E-state index contributed by atoms with van der Waals surface area (Å²) in [5, 5.41) is 8.39. The monoisotopic (exact) mass is 210 g/mol. The van der Waals surface area contributed by atoms with Gasteiger partial charge in [-0.25, -0.2) is 0 Å². The normalized spacial score (nSPS) is 22.0. The second-order valence-corrected chi connectivity index (χ2v) is 4.53. The van der Waals surface area contributed by atoms with Crippen molar-refractivity contribution in [2.45, 2.75) is 25.4 Å². The molecule has 0 aliphatic carbocycles. The van der Waals surface area contributed by atoms with E-state index in [9.17, 15) is 4.79 Å². The lowest BCUT2D eigenvalue weighted by molar-refractivity contribution is -0.122. The zero-order chi connectivity index (χ0) is 9.80. The highest BCUT2D eigenvalue weighted by Gasteiger charge is 2.16. The highest BCUT2D eigenvalue weighted by atomic mass is 32.1. The molecule has 0 bridgehead atoms. The van der Waals surface area contributed by atoms with Crippen LogP contribution in [0.4, 0.5) is 0 Å². The summed E-state index contributed by atoms with van der Waals surface area (Å²) in [6.45, 7) is 1.68. The molecule has 1 aliphatic rings. The maximum absolute atomic E-state index is 10.9. The Morgan fingerprint density at radius 3 is 3.21 bits per heavy atom. The van der Waals surface area contributed by atoms with Crippen molar-refractivity contribution < 1.29 is 4.79 Å². The van der Waals surface area contributed by atoms with Crippen LogP contribution in [-0.2, 0) is 11.3 Å². The van der Waals surface area contributed by atoms with Crippen LogP contribution in [0.25, 0.3) is 0 Å². The van der Waals surface area contributed by atoms with E-state index >= 15 is 0 Å². The average molecular weight is 210 g/mol. The molecular formula is C10H14N2OS. The summed E-state index contributed by atoms with van der Waals surface area (Å²) in [4.78, 5) is 12.3. The van der Waals surface area contributed by atoms with Crippen molar-refractivity contribution in [3.63, 3.8) is 0 Å². The molecule has 1 aromatic rings. The largest absolute Gasteiger partial charge is 0.355 e. The van der Waals surface area contributed by atoms with E-state index in [1.54, 1.807) is 11.3 Å². The molecule has 1 unspecified atom stereocenters. The molecule has 1 fully saturated rings. The van der Waals surface area contributed by atoms with Crippen molar-refractivity contribution in [2.24, 2.45) is 0 Å². The second-order valence-electron chi connectivity index (χ2n) is 3.50. The molecular weight excluding hydrogens is 196 g/mol. The van der Waals surface area contributed by atoms with Crippen LogP contribution in [0.1, 0.15) is 17.7 Å². The minimum atomic E-state index is 0.180.